The minimum absolute atomic E-state index is 0.0313. The van der Waals surface area contributed by atoms with Gasteiger partial charge in [0.05, 0.1) is 12.8 Å². The van der Waals surface area contributed by atoms with E-state index in [1.165, 1.54) is 19.2 Å². The topological polar surface area (TPSA) is 92.1 Å². The fraction of sp³-hybridized carbons (Fsp3) is 0.0769. The molecule has 0 saturated carbocycles. The average Bonchev–Trinajstić information content (AvgIpc) is 2.49. The summed E-state index contributed by atoms with van der Waals surface area (Å²) < 4.78 is 32.6. The summed E-state index contributed by atoms with van der Waals surface area (Å²) in [6.45, 7) is 0. The van der Waals surface area contributed by atoms with E-state index in [2.05, 4.69) is 25.6 Å². The molecule has 108 valence electrons. The standard InChI is InChI=1S/C13H10BrN3O3S/c1-20-10-3-5-12(14)13(6-10)17-21(18,19)11-4-2-9(7-15)16-8-11/h2-6,8,17H,1H3. The largest absolute Gasteiger partial charge is 0.497 e. The van der Waals surface area contributed by atoms with Crippen LogP contribution in [0, 0.1) is 11.3 Å². The third-order valence-electron chi connectivity index (χ3n) is 2.58. The molecule has 6 nitrogen and oxygen atoms in total. The van der Waals surface area contributed by atoms with Crippen LogP contribution in [0.25, 0.3) is 0 Å². The number of aromatic nitrogens is 1. The highest BCUT2D eigenvalue weighted by molar-refractivity contribution is 9.10. The van der Waals surface area contributed by atoms with Crippen molar-refractivity contribution in [2.75, 3.05) is 11.8 Å². The van der Waals surface area contributed by atoms with E-state index < -0.39 is 10.0 Å². The van der Waals surface area contributed by atoms with Crippen molar-refractivity contribution in [3.63, 3.8) is 0 Å². The molecule has 1 aromatic carbocycles. The van der Waals surface area contributed by atoms with E-state index >= 15 is 0 Å². The Hall–Kier alpha value is -2.11. The third-order valence-corrected chi connectivity index (χ3v) is 4.62. The van der Waals surface area contributed by atoms with Crippen LogP contribution in [0.5, 0.6) is 5.75 Å². The van der Waals surface area contributed by atoms with Crippen LogP contribution in [-0.2, 0) is 10.0 Å². The van der Waals surface area contributed by atoms with Gasteiger partial charge >= 0.3 is 0 Å². The Morgan fingerprint density at radius 1 is 1.33 bits per heavy atom. The van der Waals surface area contributed by atoms with E-state index in [0.717, 1.165) is 6.20 Å². The first-order chi connectivity index (χ1) is 9.96. The molecule has 1 heterocycles. The van der Waals surface area contributed by atoms with Crippen LogP contribution in [0.4, 0.5) is 5.69 Å². The lowest BCUT2D eigenvalue weighted by atomic mass is 10.3. The number of nitriles is 1. The Morgan fingerprint density at radius 2 is 2.10 bits per heavy atom. The summed E-state index contributed by atoms with van der Waals surface area (Å²) in [7, 11) is -2.30. The molecule has 8 heteroatoms. The van der Waals surface area contributed by atoms with Gasteiger partial charge in [-0.1, -0.05) is 0 Å². The molecular formula is C13H10BrN3O3S. The van der Waals surface area contributed by atoms with E-state index in [9.17, 15) is 8.42 Å². The zero-order chi connectivity index (χ0) is 15.5. The second-order valence-electron chi connectivity index (χ2n) is 3.94. The Morgan fingerprint density at radius 3 is 2.67 bits per heavy atom. The Bertz CT molecular complexity index is 798. The van der Waals surface area contributed by atoms with Crippen molar-refractivity contribution in [1.29, 1.82) is 5.26 Å². The number of ether oxygens (including phenoxy) is 1. The fourth-order valence-electron chi connectivity index (χ4n) is 1.52. The Balaban J connectivity index is 2.35. The first kappa shape index (κ1) is 15.3. The van der Waals surface area contributed by atoms with Gasteiger partial charge in [-0.05, 0) is 40.2 Å². The summed E-state index contributed by atoms with van der Waals surface area (Å²) in [6.07, 6.45) is 1.13. The molecule has 0 radical (unpaired) electrons. The molecule has 21 heavy (non-hydrogen) atoms. The number of pyridine rings is 1. The average molecular weight is 368 g/mol. The maximum atomic E-state index is 12.3. The van der Waals surface area contributed by atoms with Crippen LogP contribution in [-0.4, -0.2) is 20.5 Å². The molecule has 2 aromatic rings. The summed E-state index contributed by atoms with van der Waals surface area (Å²) in [5, 5.41) is 8.66. The predicted molar refractivity (Wildman–Crippen MR) is 80.5 cm³/mol. The van der Waals surface area contributed by atoms with Gasteiger partial charge in [0.1, 0.15) is 22.4 Å². The van der Waals surface area contributed by atoms with Crippen molar-refractivity contribution in [2.24, 2.45) is 0 Å². The highest BCUT2D eigenvalue weighted by Crippen LogP contribution is 2.29. The van der Waals surface area contributed by atoms with E-state index in [-0.39, 0.29) is 10.6 Å². The van der Waals surface area contributed by atoms with E-state index in [1.807, 2.05) is 6.07 Å². The molecule has 2 rings (SSSR count). The minimum Gasteiger partial charge on any atom is -0.497 e. The van der Waals surface area contributed by atoms with E-state index in [1.54, 1.807) is 18.2 Å². The summed E-state index contributed by atoms with van der Waals surface area (Å²) in [5.74, 6) is 0.522. The lowest BCUT2D eigenvalue weighted by Gasteiger charge is -2.11. The van der Waals surface area contributed by atoms with Crippen molar-refractivity contribution < 1.29 is 13.2 Å². The molecule has 0 atom stereocenters. The number of halogens is 1. The van der Waals surface area contributed by atoms with Gasteiger partial charge in [0.2, 0.25) is 0 Å². The van der Waals surface area contributed by atoms with Gasteiger partial charge in [-0.15, -0.1) is 0 Å². The predicted octanol–water partition coefficient (Wildman–Crippen LogP) is 2.53. The van der Waals surface area contributed by atoms with Crippen molar-refractivity contribution in [3.05, 3.63) is 46.7 Å². The van der Waals surface area contributed by atoms with Crippen LogP contribution < -0.4 is 9.46 Å². The van der Waals surface area contributed by atoms with E-state index in [4.69, 9.17) is 10.00 Å². The first-order valence-electron chi connectivity index (χ1n) is 5.69. The summed E-state index contributed by atoms with van der Waals surface area (Å²) in [4.78, 5) is 3.71. The van der Waals surface area contributed by atoms with Crippen molar-refractivity contribution >= 4 is 31.6 Å². The first-order valence-corrected chi connectivity index (χ1v) is 7.96. The fourth-order valence-corrected chi connectivity index (χ4v) is 3.01. The molecule has 0 spiro atoms. The molecule has 0 saturated heterocycles. The van der Waals surface area contributed by atoms with Crippen LogP contribution in [0.15, 0.2) is 45.9 Å². The molecule has 0 aliphatic carbocycles. The number of hydrogen-bond donors (Lipinski definition) is 1. The second-order valence-corrected chi connectivity index (χ2v) is 6.48. The number of nitrogens with zero attached hydrogens (tertiary/aromatic N) is 2. The van der Waals surface area contributed by atoms with Gasteiger partial charge in [-0.3, -0.25) is 4.72 Å². The van der Waals surface area contributed by atoms with Crippen LogP contribution in [0.3, 0.4) is 0 Å². The van der Waals surface area contributed by atoms with Crippen LogP contribution in [0.1, 0.15) is 5.69 Å². The Labute approximate surface area is 130 Å². The third kappa shape index (κ3) is 3.51. The number of benzene rings is 1. The summed E-state index contributed by atoms with van der Waals surface area (Å²) >= 11 is 3.27. The molecule has 0 unspecified atom stereocenters. The van der Waals surface area contributed by atoms with Gasteiger partial charge in [0, 0.05) is 16.7 Å². The zero-order valence-corrected chi connectivity index (χ0v) is 13.3. The van der Waals surface area contributed by atoms with Crippen molar-refractivity contribution in [3.8, 4) is 11.8 Å². The number of anilines is 1. The minimum atomic E-state index is -3.79. The number of methoxy groups -OCH3 is 1. The maximum absolute atomic E-state index is 12.3. The van der Waals surface area contributed by atoms with Crippen molar-refractivity contribution in [1.82, 2.24) is 4.98 Å². The lowest BCUT2D eigenvalue weighted by Crippen LogP contribution is -2.13. The second kappa shape index (κ2) is 6.11. The van der Waals surface area contributed by atoms with Gasteiger partial charge < -0.3 is 4.74 Å². The quantitative estimate of drug-likeness (QED) is 0.895. The molecule has 0 amide bonds. The maximum Gasteiger partial charge on any atom is 0.263 e. The summed E-state index contributed by atoms with van der Waals surface area (Å²) in [6, 6.07) is 9.42. The molecule has 0 aliphatic heterocycles. The highest BCUT2D eigenvalue weighted by atomic mass is 79.9. The monoisotopic (exact) mass is 367 g/mol. The van der Waals surface area contributed by atoms with Gasteiger partial charge in [-0.25, -0.2) is 13.4 Å². The number of hydrogen-bond acceptors (Lipinski definition) is 5. The van der Waals surface area contributed by atoms with Gasteiger partial charge in [0.25, 0.3) is 10.0 Å². The molecule has 0 fully saturated rings. The molecule has 0 bridgehead atoms. The normalized spacial score (nSPS) is 10.7. The smallest absolute Gasteiger partial charge is 0.263 e. The SMILES string of the molecule is COc1ccc(Br)c(NS(=O)(=O)c2ccc(C#N)nc2)c1. The lowest BCUT2D eigenvalue weighted by molar-refractivity contribution is 0.415. The molecule has 1 aromatic heterocycles. The van der Waals surface area contributed by atoms with Crippen LogP contribution >= 0.6 is 15.9 Å². The van der Waals surface area contributed by atoms with E-state index in [0.29, 0.717) is 15.9 Å². The van der Waals surface area contributed by atoms with Gasteiger partial charge in [0.15, 0.2) is 0 Å². The number of nitrogens with one attached hydrogen (secondary N) is 1. The highest BCUT2D eigenvalue weighted by Gasteiger charge is 2.16. The molecule has 0 aliphatic rings. The Kier molecular flexibility index (Phi) is 4.45. The molecule has 1 N–H and O–H groups in total. The van der Waals surface area contributed by atoms with Crippen LogP contribution in [0.2, 0.25) is 0 Å². The number of rotatable bonds is 4. The van der Waals surface area contributed by atoms with Gasteiger partial charge in [-0.2, -0.15) is 5.26 Å². The van der Waals surface area contributed by atoms with Crippen molar-refractivity contribution in [2.45, 2.75) is 4.90 Å². The summed E-state index contributed by atoms with van der Waals surface area (Å²) in [5.41, 5.74) is 0.496. The zero-order valence-electron chi connectivity index (χ0n) is 10.9. The number of sulfonamides is 1. The molecular weight excluding hydrogens is 358 g/mol.